The lowest BCUT2D eigenvalue weighted by atomic mass is 9.81. The van der Waals surface area contributed by atoms with Crippen molar-refractivity contribution in [3.63, 3.8) is 0 Å². The third-order valence-corrected chi connectivity index (χ3v) is 12.1. The van der Waals surface area contributed by atoms with Crippen LogP contribution in [0.2, 0.25) is 0 Å². The van der Waals surface area contributed by atoms with E-state index in [1.807, 2.05) is 11.3 Å². The Kier molecular flexibility index (Phi) is 6.78. The molecular weight excluding hydrogens is 635 g/mol. The molecule has 0 aliphatic heterocycles. The molecule has 0 saturated carbocycles. The fraction of sp³-hybridized carbons (Fsp3) is 0.0612. The van der Waals surface area contributed by atoms with E-state index >= 15 is 0 Å². The molecule has 0 fully saturated rings. The van der Waals surface area contributed by atoms with Crippen molar-refractivity contribution in [3.05, 3.63) is 187 Å². The average Bonchev–Trinajstić information content (AvgIpc) is 3.67. The third kappa shape index (κ3) is 4.75. The number of anilines is 3. The summed E-state index contributed by atoms with van der Waals surface area (Å²) >= 11 is 1.88. The van der Waals surface area contributed by atoms with Gasteiger partial charge in [0.2, 0.25) is 0 Å². The summed E-state index contributed by atoms with van der Waals surface area (Å²) in [6.45, 7) is 4.78. The molecule has 0 bridgehead atoms. The van der Waals surface area contributed by atoms with Crippen molar-refractivity contribution in [2.24, 2.45) is 0 Å². The zero-order chi connectivity index (χ0) is 34.1. The summed E-state index contributed by atoms with van der Waals surface area (Å²) in [6.07, 6.45) is 0. The fourth-order valence-corrected chi connectivity index (χ4v) is 9.47. The van der Waals surface area contributed by atoms with Gasteiger partial charge in [-0.05, 0) is 92.2 Å². The highest BCUT2D eigenvalue weighted by Gasteiger charge is 2.36. The zero-order valence-corrected chi connectivity index (χ0v) is 29.4. The number of fused-ring (bicyclic) bond motifs is 7. The molecule has 1 aliphatic carbocycles. The van der Waals surface area contributed by atoms with Crippen LogP contribution in [0.15, 0.2) is 176 Å². The Balaban J connectivity index is 1.16. The van der Waals surface area contributed by atoms with Crippen molar-refractivity contribution < 1.29 is 0 Å². The van der Waals surface area contributed by atoms with Crippen molar-refractivity contribution >= 4 is 59.3 Å². The lowest BCUT2D eigenvalue weighted by Gasteiger charge is -2.30. The Morgan fingerprint density at radius 3 is 1.96 bits per heavy atom. The van der Waals surface area contributed by atoms with E-state index in [-0.39, 0.29) is 5.41 Å². The van der Waals surface area contributed by atoms with Gasteiger partial charge in [-0.1, -0.05) is 147 Å². The summed E-state index contributed by atoms with van der Waals surface area (Å²) in [6, 6.07) is 64.8. The lowest BCUT2D eigenvalue weighted by molar-refractivity contribution is 0.660. The van der Waals surface area contributed by atoms with E-state index < -0.39 is 0 Å². The van der Waals surface area contributed by atoms with E-state index in [2.05, 4.69) is 195 Å². The van der Waals surface area contributed by atoms with Crippen molar-refractivity contribution in [1.82, 2.24) is 0 Å². The lowest BCUT2D eigenvalue weighted by Crippen LogP contribution is -2.17. The van der Waals surface area contributed by atoms with E-state index in [0.717, 1.165) is 5.69 Å². The molecule has 1 heterocycles. The predicted molar refractivity (Wildman–Crippen MR) is 220 cm³/mol. The predicted octanol–water partition coefficient (Wildman–Crippen LogP) is 14.3. The van der Waals surface area contributed by atoms with Crippen molar-refractivity contribution in [2.75, 3.05) is 4.90 Å². The molecular formula is C49H35NS. The summed E-state index contributed by atoms with van der Waals surface area (Å²) in [4.78, 5) is 2.50. The first-order chi connectivity index (χ1) is 25.0. The molecule has 0 saturated heterocycles. The summed E-state index contributed by atoms with van der Waals surface area (Å²) in [5.74, 6) is 0. The van der Waals surface area contributed by atoms with Crippen LogP contribution in [-0.4, -0.2) is 0 Å². The minimum absolute atomic E-state index is 0.179. The number of nitrogens with zero attached hydrogens (tertiary/aromatic N) is 1. The SMILES string of the molecule is CC1(C)c2cc(-c3ccc4ccccc4c3)ccc2-c2ccc(N(c3ccccc3-c3ccccc3)c3cccc4c3sc3ccccc34)cc21. The minimum Gasteiger partial charge on any atom is -0.308 e. The molecule has 51 heavy (non-hydrogen) atoms. The highest BCUT2D eigenvalue weighted by atomic mass is 32.1. The zero-order valence-electron chi connectivity index (χ0n) is 28.6. The monoisotopic (exact) mass is 669 g/mol. The second kappa shape index (κ2) is 11.6. The van der Waals surface area contributed by atoms with E-state index in [1.54, 1.807) is 0 Å². The summed E-state index contributed by atoms with van der Waals surface area (Å²) in [5, 5.41) is 5.15. The van der Waals surface area contributed by atoms with Gasteiger partial charge in [0.1, 0.15) is 0 Å². The van der Waals surface area contributed by atoms with E-state index in [1.165, 1.54) is 86.8 Å². The first-order valence-corrected chi connectivity index (χ1v) is 18.5. The van der Waals surface area contributed by atoms with Crippen LogP contribution < -0.4 is 4.90 Å². The highest BCUT2D eigenvalue weighted by Crippen LogP contribution is 2.53. The van der Waals surface area contributed by atoms with E-state index in [9.17, 15) is 0 Å². The first-order valence-electron chi connectivity index (χ1n) is 17.7. The van der Waals surface area contributed by atoms with Gasteiger partial charge < -0.3 is 4.90 Å². The normalized spacial score (nSPS) is 13.1. The molecule has 0 unspecified atom stereocenters. The quantitative estimate of drug-likeness (QED) is 0.176. The van der Waals surface area contributed by atoms with Crippen LogP contribution in [0.5, 0.6) is 0 Å². The Morgan fingerprint density at radius 2 is 1.08 bits per heavy atom. The number of rotatable bonds is 5. The summed E-state index contributed by atoms with van der Waals surface area (Å²) in [5.41, 5.74) is 13.7. The van der Waals surface area contributed by atoms with Gasteiger partial charge in [0, 0.05) is 32.1 Å². The third-order valence-electron chi connectivity index (χ3n) is 10.9. The van der Waals surface area contributed by atoms with Gasteiger partial charge in [-0.15, -0.1) is 11.3 Å². The molecule has 9 aromatic rings. The number of hydrogen-bond donors (Lipinski definition) is 0. The maximum atomic E-state index is 2.50. The first kappa shape index (κ1) is 29.9. The molecule has 0 amide bonds. The van der Waals surface area contributed by atoms with Gasteiger partial charge in [-0.25, -0.2) is 0 Å². The molecule has 8 aromatic carbocycles. The maximum Gasteiger partial charge on any atom is 0.0640 e. The van der Waals surface area contributed by atoms with E-state index in [4.69, 9.17) is 0 Å². The molecule has 2 heteroatoms. The Morgan fingerprint density at radius 1 is 0.431 bits per heavy atom. The second-order valence-electron chi connectivity index (χ2n) is 14.1. The van der Waals surface area contributed by atoms with Crippen molar-refractivity contribution in [1.29, 1.82) is 0 Å². The Hall–Kier alpha value is -5.96. The molecule has 0 spiro atoms. The Labute approximate surface area is 302 Å². The van der Waals surface area contributed by atoms with Crippen molar-refractivity contribution in [2.45, 2.75) is 19.3 Å². The average molecular weight is 670 g/mol. The maximum absolute atomic E-state index is 2.50. The summed E-state index contributed by atoms with van der Waals surface area (Å²) < 4.78 is 2.61. The number of thiophene rings is 1. The highest BCUT2D eigenvalue weighted by molar-refractivity contribution is 7.26. The van der Waals surface area contributed by atoms with Gasteiger partial charge in [0.05, 0.1) is 16.1 Å². The molecule has 1 aromatic heterocycles. The number of benzene rings is 8. The van der Waals surface area contributed by atoms with Crippen LogP contribution in [-0.2, 0) is 5.41 Å². The summed E-state index contributed by atoms with van der Waals surface area (Å²) in [7, 11) is 0. The van der Waals surface area contributed by atoms with Crippen LogP contribution >= 0.6 is 11.3 Å². The number of hydrogen-bond acceptors (Lipinski definition) is 2. The van der Waals surface area contributed by atoms with Crippen LogP contribution in [0, 0.1) is 0 Å². The van der Waals surface area contributed by atoms with Gasteiger partial charge in [-0.3, -0.25) is 0 Å². The standard InChI is InChI=1S/C49H35NS/c1-49(2)43-30-36(35-24-23-32-13-6-7-16-34(32)29-35)25-27-39(43)40-28-26-37(31-44(40)49)50(45-20-10-8-17-38(45)33-14-4-3-5-15-33)46-21-12-19-42-41-18-9-11-22-47(41)51-48(42)46/h3-31H,1-2H3. The van der Waals surface area contributed by atoms with Crippen LogP contribution in [0.3, 0.4) is 0 Å². The molecule has 0 atom stereocenters. The van der Waals surface area contributed by atoms with Gasteiger partial charge in [0.15, 0.2) is 0 Å². The minimum atomic E-state index is -0.179. The molecule has 0 N–H and O–H groups in total. The van der Waals surface area contributed by atoms with Crippen LogP contribution in [0.25, 0.3) is 64.3 Å². The second-order valence-corrected chi connectivity index (χ2v) is 15.2. The Bertz CT molecular complexity index is 2790. The van der Waals surface area contributed by atoms with Gasteiger partial charge in [0.25, 0.3) is 0 Å². The molecule has 10 rings (SSSR count). The topological polar surface area (TPSA) is 3.24 Å². The molecule has 0 radical (unpaired) electrons. The smallest absolute Gasteiger partial charge is 0.0640 e. The van der Waals surface area contributed by atoms with Crippen LogP contribution in [0.1, 0.15) is 25.0 Å². The molecule has 1 aliphatic rings. The number of para-hydroxylation sites is 1. The van der Waals surface area contributed by atoms with Gasteiger partial charge >= 0.3 is 0 Å². The van der Waals surface area contributed by atoms with Gasteiger partial charge in [-0.2, -0.15) is 0 Å². The molecule has 242 valence electrons. The molecule has 1 nitrogen and oxygen atoms in total. The van der Waals surface area contributed by atoms with E-state index in [0.29, 0.717) is 0 Å². The van der Waals surface area contributed by atoms with Crippen LogP contribution in [0.4, 0.5) is 17.1 Å². The van der Waals surface area contributed by atoms with Crippen molar-refractivity contribution in [3.8, 4) is 33.4 Å². The largest absolute Gasteiger partial charge is 0.308 e. The fourth-order valence-electron chi connectivity index (χ4n) is 8.26.